The molecule has 23 heavy (non-hydrogen) atoms. The predicted octanol–water partition coefficient (Wildman–Crippen LogP) is 2.64. The van der Waals surface area contributed by atoms with Gasteiger partial charge in [-0.1, -0.05) is 0 Å². The van der Waals surface area contributed by atoms with Gasteiger partial charge in [0.15, 0.2) is 0 Å². The summed E-state index contributed by atoms with van der Waals surface area (Å²) in [6.07, 6.45) is 4.54. The number of nitrogens with one attached hydrogen (secondary N) is 2. The number of nitrogens with zero attached hydrogens (tertiary/aromatic N) is 1. The van der Waals surface area contributed by atoms with Crippen molar-refractivity contribution in [2.45, 2.75) is 32.7 Å². The molecule has 0 bridgehead atoms. The van der Waals surface area contributed by atoms with Crippen molar-refractivity contribution in [1.82, 2.24) is 15.3 Å². The van der Waals surface area contributed by atoms with Crippen LogP contribution in [0.1, 0.15) is 34.3 Å². The Bertz CT molecular complexity index is 880. The predicted molar refractivity (Wildman–Crippen MR) is 88.9 cm³/mol. The Kier molecular flexibility index (Phi) is 4.29. The van der Waals surface area contributed by atoms with Gasteiger partial charge in [-0.25, -0.2) is 4.98 Å². The summed E-state index contributed by atoms with van der Waals surface area (Å²) in [4.78, 5) is 32.1. The van der Waals surface area contributed by atoms with Gasteiger partial charge in [0.05, 0.1) is 22.9 Å². The van der Waals surface area contributed by atoms with Crippen LogP contribution in [-0.4, -0.2) is 21.9 Å². The lowest BCUT2D eigenvalue weighted by atomic mass is 10.1. The van der Waals surface area contributed by atoms with Crippen molar-refractivity contribution < 1.29 is 9.21 Å². The van der Waals surface area contributed by atoms with E-state index in [4.69, 9.17) is 4.42 Å². The van der Waals surface area contributed by atoms with Gasteiger partial charge in [-0.15, -0.1) is 11.3 Å². The first kappa shape index (κ1) is 15.5. The Labute approximate surface area is 136 Å². The molecule has 2 N–H and O–H groups in total. The molecule has 0 spiro atoms. The second-order valence-corrected chi connectivity index (χ2v) is 6.46. The van der Waals surface area contributed by atoms with Gasteiger partial charge >= 0.3 is 0 Å². The van der Waals surface area contributed by atoms with Crippen LogP contribution in [0, 0.1) is 6.92 Å². The third kappa shape index (κ3) is 3.19. The number of amides is 1. The molecule has 0 fully saturated rings. The van der Waals surface area contributed by atoms with Gasteiger partial charge in [0.25, 0.3) is 11.5 Å². The lowest BCUT2D eigenvalue weighted by Crippen LogP contribution is -2.32. The van der Waals surface area contributed by atoms with E-state index < -0.39 is 0 Å². The third-order valence-corrected chi connectivity index (χ3v) is 4.92. The van der Waals surface area contributed by atoms with Crippen LogP contribution in [0.2, 0.25) is 0 Å². The summed E-state index contributed by atoms with van der Waals surface area (Å²) in [5.41, 5.74) is 0.462. The smallest absolute Gasteiger partial charge is 0.261 e. The Morgan fingerprint density at radius 1 is 1.52 bits per heavy atom. The van der Waals surface area contributed by atoms with E-state index in [2.05, 4.69) is 15.3 Å². The maximum Gasteiger partial charge on any atom is 0.261 e. The number of hydrogen-bond acceptors (Lipinski definition) is 5. The molecule has 1 atom stereocenters. The van der Waals surface area contributed by atoms with E-state index in [1.54, 1.807) is 13.2 Å². The minimum Gasteiger partial charge on any atom is -0.469 e. The summed E-state index contributed by atoms with van der Waals surface area (Å²) in [6.45, 7) is 3.73. The lowest BCUT2D eigenvalue weighted by molar-refractivity contribution is 0.0941. The lowest BCUT2D eigenvalue weighted by Gasteiger charge is -2.12. The first-order valence-corrected chi connectivity index (χ1v) is 8.18. The molecule has 3 rings (SSSR count). The SMILES string of the molecule is Cc1c(C(=O)N[C@H](C)CCc2ccco2)sc2nc[nH]c(=O)c12. The summed E-state index contributed by atoms with van der Waals surface area (Å²) in [5.74, 6) is 0.733. The number of rotatable bonds is 5. The molecule has 3 heterocycles. The van der Waals surface area contributed by atoms with Gasteiger partial charge in [-0.05, 0) is 38.0 Å². The van der Waals surface area contributed by atoms with Crippen LogP contribution in [0.15, 0.2) is 33.9 Å². The largest absolute Gasteiger partial charge is 0.469 e. The number of carbonyl (C=O) groups excluding carboxylic acids is 1. The van der Waals surface area contributed by atoms with Crippen LogP contribution in [0.5, 0.6) is 0 Å². The van der Waals surface area contributed by atoms with Crippen LogP contribution in [0.25, 0.3) is 10.2 Å². The second-order valence-electron chi connectivity index (χ2n) is 5.46. The molecule has 0 aliphatic heterocycles. The maximum atomic E-state index is 12.5. The fourth-order valence-corrected chi connectivity index (χ4v) is 3.52. The first-order chi connectivity index (χ1) is 11.1. The summed E-state index contributed by atoms with van der Waals surface area (Å²) in [6, 6.07) is 3.77. The van der Waals surface area contributed by atoms with Crippen LogP contribution >= 0.6 is 11.3 Å². The summed E-state index contributed by atoms with van der Waals surface area (Å²) >= 11 is 1.24. The number of fused-ring (bicyclic) bond motifs is 1. The number of aryl methyl sites for hydroxylation is 2. The van der Waals surface area contributed by atoms with Gasteiger partial charge in [0.2, 0.25) is 0 Å². The number of aromatic amines is 1. The average molecular weight is 331 g/mol. The molecule has 0 saturated carbocycles. The van der Waals surface area contributed by atoms with Crippen molar-refractivity contribution in [1.29, 1.82) is 0 Å². The van der Waals surface area contributed by atoms with Crippen molar-refractivity contribution in [2.24, 2.45) is 0 Å². The summed E-state index contributed by atoms with van der Waals surface area (Å²) in [5, 5.41) is 3.46. The van der Waals surface area contributed by atoms with Crippen LogP contribution in [0.3, 0.4) is 0 Å². The fraction of sp³-hybridized carbons (Fsp3) is 0.312. The molecule has 3 aromatic heterocycles. The van der Waals surface area contributed by atoms with Crippen LogP contribution in [0.4, 0.5) is 0 Å². The number of H-pyrrole nitrogens is 1. The third-order valence-electron chi connectivity index (χ3n) is 3.72. The molecule has 0 aliphatic rings. The Balaban J connectivity index is 1.72. The van der Waals surface area contributed by atoms with E-state index in [1.165, 1.54) is 17.7 Å². The molecular weight excluding hydrogens is 314 g/mol. The van der Waals surface area contributed by atoms with Crippen molar-refractivity contribution >= 4 is 27.5 Å². The Morgan fingerprint density at radius 3 is 3.04 bits per heavy atom. The number of furan rings is 1. The van der Waals surface area contributed by atoms with Gasteiger partial charge in [0.1, 0.15) is 10.6 Å². The molecule has 3 aromatic rings. The number of thiophene rings is 1. The Morgan fingerprint density at radius 2 is 2.35 bits per heavy atom. The van der Waals surface area contributed by atoms with Crippen molar-refractivity contribution in [2.75, 3.05) is 0 Å². The quantitative estimate of drug-likeness (QED) is 0.752. The highest BCUT2D eigenvalue weighted by Gasteiger charge is 2.19. The molecule has 0 saturated heterocycles. The zero-order chi connectivity index (χ0) is 16.4. The van der Waals surface area contributed by atoms with E-state index in [9.17, 15) is 9.59 Å². The molecule has 0 aliphatic carbocycles. The van der Waals surface area contributed by atoms with E-state index in [1.807, 2.05) is 19.1 Å². The monoisotopic (exact) mass is 331 g/mol. The molecule has 0 unspecified atom stereocenters. The van der Waals surface area contributed by atoms with Crippen molar-refractivity contribution in [3.8, 4) is 0 Å². The average Bonchev–Trinajstić information content (AvgIpc) is 3.14. The highest BCUT2D eigenvalue weighted by atomic mass is 32.1. The van der Waals surface area contributed by atoms with Crippen LogP contribution in [-0.2, 0) is 6.42 Å². The van der Waals surface area contributed by atoms with Crippen molar-refractivity contribution in [3.05, 3.63) is 51.3 Å². The number of hydrogen-bond donors (Lipinski definition) is 2. The standard InChI is InChI=1S/C16H17N3O3S/c1-9(5-6-11-4-3-7-22-11)19-15(21)13-10(2)12-14(20)17-8-18-16(12)23-13/h3-4,7-9H,5-6H2,1-2H3,(H,19,21)(H,17,18,20)/t9-/m1/s1. The van der Waals surface area contributed by atoms with E-state index in [-0.39, 0.29) is 17.5 Å². The summed E-state index contributed by atoms with van der Waals surface area (Å²) in [7, 11) is 0. The fourth-order valence-electron chi connectivity index (χ4n) is 2.47. The molecule has 1 amide bonds. The molecular formula is C16H17N3O3S. The number of carbonyl (C=O) groups is 1. The molecule has 0 radical (unpaired) electrons. The Hall–Kier alpha value is -2.41. The topological polar surface area (TPSA) is 88.0 Å². The van der Waals surface area contributed by atoms with E-state index in [0.29, 0.717) is 20.7 Å². The number of aromatic nitrogens is 2. The van der Waals surface area contributed by atoms with E-state index >= 15 is 0 Å². The zero-order valence-electron chi connectivity index (χ0n) is 12.9. The van der Waals surface area contributed by atoms with Gasteiger partial charge in [0, 0.05) is 12.5 Å². The van der Waals surface area contributed by atoms with Gasteiger partial charge in [-0.3, -0.25) is 9.59 Å². The molecule has 6 nitrogen and oxygen atoms in total. The van der Waals surface area contributed by atoms with Gasteiger partial charge < -0.3 is 14.7 Å². The highest BCUT2D eigenvalue weighted by Crippen LogP contribution is 2.26. The van der Waals surface area contributed by atoms with Gasteiger partial charge in [-0.2, -0.15) is 0 Å². The molecule has 0 aromatic carbocycles. The maximum absolute atomic E-state index is 12.5. The minimum absolute atomic E-state index is 0.00320. The normalized spacial score (nSPS) is 12.4. The van der Waals surface area contributed by atoms with E-state index in [0.717, 1.165) is 18.6 Å². The zero-order valence-corrected chi connectivity index (χ0v) is 13.7. The first-order valence-electron chi connectivity index (χ1n) is 7.36. The minimum atomic E-state index is -0.214. The summed E-state index contributed by atoms with van der Waals surface area (Å²) < 4.78 is 5.29. The van der Waals surface area contributed by atoms with Crippen molar-refractivity contribution in [3.63, 3.8) is 0 Å². The highest BCUT2D eigenvalue weighted by molar-refractivity contribution is 7.20. The van der Waals surface area contributed by atoms with Crippen LogP contribution < -0.4 is 10.9 Å². The molecule has 7 heteroatoms. The molecule has 120 valence electrons. The second kappa shape index (κ2) is 6.37.